The monoisotopic (exact) mass is 464 g/mol. The number of anilines is 3. The molecule has 6 rings (SSSR count). The van der Waals surface area contributed by atoms with Crippen molar-refractivity contribution in [2.24, 2.45) is 5.41 Å². The van der Waals surface area contributed by atoms with E-state index in [9.17, 15) is 5.26 Å². The van der Waals surface area contributed by atoms with Gasteiger partial charge in [0, 0.05) is 25.8 Å². The molecule has 8 heteroatoms. The topological polar surface area (TPSA) is 119 Å². The number of nitrogens with one attached hydrogen (secondary N) is 1. The molecule has 1 fully saturated rings. The predicted molar refractivity (Wildman–Crippen MR) is 136 cm³/mol. The Morgan fingerprint density at radius 3 is 2.74 bits per heavy atom. The molecule has 3 aromatic rings. The molecule has 1 saturated heterocycles. The van der Waals surface area contributed by atoms with Crippen LogP contribution in [0, 0.1) is 22.2 Å². The highest BCUT2D eigenvalue weighted by Gasteiger charge is 2.41. The molecule has 0 saturated carbocycles. The molecule has 3 aliphatic rings. The molecule has 0 atom stereocenters. The second-order valence-electron chi connectivity index (χ2n) is 9.93. The van der Waals surface area contributed by atoms with Crippen LogP contribution in [0.15, 0.2) is 42.7 Å². The van der Waals surface area contributed by atoms with E-state index in [2.05, 4.69) is 32.0 Å². The van der Waals surface area contributed by atoms with Crippen molar-refractivity contribution in [2.45, 2.75) is 38.5 Å². The zero-order valence-electron chi connectivity index (χ0n) is 19.7. The highest BCUT2D eigenvalue weighted by molar-refractivity contribution is 6.09. The van der Waals surface area contributed by atoms with Gasteiger partial charge in [-0.25, -0.2) is 9.97 Å². The number of rotatable bonds is 2. The zero-order chi connectivity index (χ0) is 24.0. The molecule has 176 valence electrons. The third kappa shape index (κ3) is 3.68. The van der Waals surface area contributed by atoms with Crippen LogP contribution in [-0.4, -0.2) is 40.4 Å². The van der Waals surface area contributed by atoms with Crippen molar-refractivity contribution in [1.82, 2.24) is 15.0 Å². The lowest BCUT2D eigenvalue weighted by atomic mass is 9.76. The smallest absolute Gasteiger partial charge is 0.155 e. The lowest BCUT2D eigenvalue weighted by Crippen LogP contribution is -2.41. The Kier molecular flexibility index (Phi) is 5.14. The van der Waals surface area contributed by atoms with Crippen LogP contribution in [-0.2, 0) is 19.3 Å². The van der Waals surface area contributed by atoms with Crippen LogP contribution in [0.4, 0.5) is 17.3 Å². The average molecular weight is 465 g/mol. The summed E-state index contributed by atoms with van der Waals surface area (Å²) in [7, 11) is 0. The minimum atomic E-state index is 0.225. The van der Waals surface area contributed by atoms with E-state index in [-0.39, 0.29) is 17.1 Å². The van der Waals surface area contributed by atoms with Crippen LogP contribution in [0.25, 0.3) is 0 Å². The Morgan fingerprint density at radius 2 is 1.94 bits per heavy atom. The molecule has 0 amide bonds. The molecule has 8 nitrogen and oxygen atoms in total. The summed E-state index contributed by atoms with van der Waals surface area (Å²) in [5, 5.41) is 18.3. The molecule has 0 radical (unpaired) electrons. The van der Waals surface area contributed by atoms with Crippen LogP contribution in [0.2, 0.25) is 0 Å². The van der Waals surface area contributed by atoms with Crippen molar-refractivity contribution in [2.75, 3.05) is 35.2 Å². The van der Waals surface area contributed by atoms with Gasteiger partial charge >= 0.3 is 0 Å². The summed E-state index contributed by atoms with van der Waals surface area (Å²) in [6.07, 6.45) is 9.52. The van der Waals surface area contributed by atoms with E-state index < -0.39 is 0 Å². The van der Waals surface area contributed by atoms with E-state index >= 15 is 0 Å². The van der Waals surface area contributed by atoms with Crippen molar-refractivity contribution in [3.63, 3.8) is 0 Å². The molecule has 1 spiro atoms. The van der Waals surface area contributed by atoms with Crippen molar-refractivity contribution in [3.8, 4) is 6.07 Å². The van der Waals surface area contributed by atoms with E-state index in [1.807, 2.05) is 29.2 Å². The fraction of sp³-hybridized carbons (Fsp3) is 0.370. The molecule has 35 heavy (non-hydrogen) atoms. The molecular weight excluding hydrogens is 436 g/mol. The molecule has 2 aromatic heterocycles. The van der Waals surface area contributed by atoms with E-state index in [1.165, 1.54) is 11.1 Å². The van der Waals surface area contributed by atoms with E-state index in [1.54, 1.807) is 12.4 Å². The largest absolute Gasteiger partial charge is 0.382 e. The van der Waals surface area contributed by atoms with Gasteiger partial charge < -0.3 is 15.5 Å². The number of amidine groups is 1. The first-order chi connectivity index (χ1) is 17.1. The number of hydrogen-bond donors (Lipinski definition) is 2. The summed E-state index contributed by atoms with van der Waals surface area (Å²) in [6, 6.07) is 12.4. The molecular formula is C27H28N8. The summed E-state index contributed by atoms with van der Waals surface area (Å²) >= 11 is 0. The van der Waals surface area contributed by atoms with Crippen LogP contribution >= 0.6 is 0 Å². The SMILES string of the molecule is N#Cc1cccc2c1CC1(CCN(c3cnc(C(=N)N4CCCc5ncccc54)c(N)n3)CC1)C2. The van der Waals surface area contributed by atoms with Gasteiger partial charge in [0.25, 0.3) is 0 Å². The van der Waals surface area contributed by atoms with Crippen molar-refractivity contribution < 1.29 is 0 Å². The summed E-state index contributed by atoms with van der Waals surface area (Å²) in [5.74, 6) is 1.32. The van der Waals surface area contributed by atoms with Crippen LogP contribution < -0.4 is 15.5 Å². The first-order valence-corrected chi connectivity index (χ1v) is 12.3. The summed E-state index contributed by atoms with van der Waals surface area (Å²) in [6.45, 7) is 2.50. The fourth-order valence-corrected chi connectivity index (χ4v) is 6.00. The van der Waals surface area contributed by atoms with E-state index in [0.29, 0.717) is 5.69 Å². The first kappa shape index (κ1) is 21.5. The number of nitrogens with two attached hydrogens (primary N) is 1. The number of pyridine rings is 1. The van der Waals surface area contributed by atoms with Gasteiger partial charge in [-0.05, 0) is 73.3 Å². The highest BCUT2D eigenvalue weighted by atomic mass is 15.2. The normalized spacial score (nSPS) is 18.1. The van der Waals surface area contributed by atoms with Crippen molar-refractivity contribution in [3.05, 3.63) is 70.8 Å². The van der Waals surface area contributed by atoms with E-state index in [4.69, 9.17) is 11.1 Å². The van der Waals surface area contributed by atoms with Crippen LogP contribution in [0.5, 0.6) is 0 Å². The van der Waals surface area contributed by atoms with Gasteiger partial charge in [0.2, 0.25) is 0 Å². The maximum atomic E-state index is 9.49. The lowest BCUT2D eigenvalue weighted by Gasteiger charge is -2.40. The fourth-order valence-electron chi connectivity index (χ4n) is 6.00. The minimum Gasteiger partial charge on any atom is -0.382 e. The zero-order valence-corrected chi connectivity index (χ0v) is 19.7. The third-order valence-corrected chi connectivity index (χ3v) is 7.89. The summed E-state index contributed by atoms with van der Waals surface area (Å²) in [5.41, 5.74) is 12.3. The molecule has 2 aliphatic heterocycles. The first-order valence-electron chi connectivity index (χ1n) is 12.3. The number of fused-ring (bicyclic) bond motifs is 2. The van der Waals surface area contributed by atoms with Gasteiger partial charge in [-0.3, -0.25) is 10.4 Å². The molecule has 0 bridgehead atoms. The number of nitrogen functional groups attached to an aromatic ring is 1. The second kappa shape index (κ2) is 8.35. The number of piperidine rings is 1. The van der Waals surface area contributed by atoms with Gasteiger partial charge in [0.1, 0.15) is 11.5 Å². The van der Waals surface area contributed by atoms with Gasteiger partial charge in [0.05, 0.1) is 29.2 Å². The molecule has 1 aliphatic carbocycles. The number of nitriles is 1. The number of benzene rings is 1. The van der Waals surface area contributed by atoms with Gasteiger partial charge in [0.15, 0.2) is 11.7 Å². The number of hydrogen-bond acceptors (Lipinski definition) is 7. The molecule has 3 N–H and O–H groups in total. The van der Waals surface area contributed by atoms with Gasteiger partial charge in [-0.1, -0.05) is 12.1 Å². The average Bonchev–Trinajstić information content (AvgIpc) is 3.26. The number of aryl methyl sites for hydroxylation is 1. The Hall–Kier alpha value is -3.99. The second-order valence-corrected chi connectivity index (χ2v) is 9.93. The Morgan fingerprint density at radius 1 is 1.09 bits per heavy atom. The summed E-state index contributed by atoms with van der Waals surface area (Å²) < 4.78 is 0. The quantitative estimate of drug-likeness (QED) is 0.440. The third-order valence-electron chi connectivity index (χ3n) is 7.89. The van der Waals surface area contributed by atoms with Gasteiger partial charge in [-0.2, -0.15) is 5.26 Å². The maximum Gasteiger partial charge on any atom is 0.155 e. The predicted octanol–water partition coefficient (Wildman–Crippen LogP) is 3.49. The standard InChI is InChI=1S/C27H28N8/c28-16-19-5-1-4-18-14-27(15-20(18)19)8-12-34(13-9-27)23-17-32-24(25(29)33-23)26(30)35-11-3-6-21-22(35)7-2-10-31-21/h1-2,4-5,7,10,17,30H,3,6,8-9,11-15H2,(H2,29,33). The number of nitrogens with zero attached hydrogens (tertiary/aromatic N) is 6. The maximum absolute atomic E-state index is 9.49. The molecule has 1 aromatic carbocycles. The Labute approximate surface area is 205 Å². The van der Waals surface area contributed by atoms with Crippen molar-refractivity contribution >= 4 is 23.2 Å². The number of aromatic nitrogens is 3. The van der Waals surface area contributed by atoms with Crippen LogP contribution in [0.3, 0.4) is 0 Å². The van der Waals surface area contributed by atoms with E-state index in [0.717, 1.165) is 80.9 Å². The Balaban J connectivity index is 1.17. The van der Waals surface area contributed by atoms with Gasteiger partial charge in [-0.15, -0.1) is 0 Å². The Bertz CT molecular complexity index is 1350. The molecule has 0 unspecified atom stereocenters. The van der Waals surface area contributed by atoms with Crippen LogP contribution in [0.1, 0.15) is 47.3 Å². The lowest BCUT2D eigenvalue weighted by molar-refractivity contribution is 0.232. The molecule has 4 heterocycles. The van der Waals surface area contributed by atoms with Crippen molar-refractivity contribution in [1.29, 1.82) is 10.7 Å². The summed E-state index contributed by atoms with van der Waals surface area (Å²) in [4.78, 5) is 17.9. The minimum absolute atomic E-state index is 0.225. The highest BCUT2D eigenvalue weighted by Crippen LogP contribution is 2.46.